The first kappa shape index (κ1) is 15.6. The van der Waals surface area contributed by atoms with Gasteiger partial charge in [-0.05, 0) is 30.5 Å². The highest BCUT2D eigenvalue weighted by atomic mass is 16.3. The van der Waals surface area contributed by atoms with Crippen LogP contribution >= 0.6 is 0 Å². The van der Waals surface area contributed by atoms with Gasteiger partial charge in [-0.15, -0.1) is 13.2 Å². The summed E-state index contributed by atoms with van der Waals surface area (Å²) in [6, 6.07) is 2.16. The van der Waals surface area contributed by atoms with Gasteiger partial charge < -0.3 is 5.11 Å². The molecule has 0 aliphatic heterocycles. The van der Waals surface area contributed by atoms with Gasteiger partial charge >= 0.3 is 0 Å². The van der Waals surface area contributed by atoms with Crippen LogP contribution in [0.1, 0.15) is 49.9 Å². The molecule has 0 spiro atoms. The predicted octanol–water partition coefficient (Wildman–Crippen LogP) is 4.94. The minimum Gasteiger partial charge on any atom is -0.507 e. The Bertz CT molecular complexity index is 519. The summed E-state index contributed by atoms with van der Waals surface area (Å²) >= 11 is 0. The molecule has 1 heteroatoms. The largest absolute Gasteiger partial charge is 0.507 e. The van der Waals surface area contributed by atoms with E-state index in [0.29, 0.717) is 5.75 Å². The van der Waals surface area contributed by atoms with Crippen molar-refractivity contribution in [3.63, 3.8) is 0 Å². The quantitative estimate of drug-likeness (QED) is 0.759. The van der Waals surface area contributed by atoms with E-state index >= 15 is 0 Å². The number of hydrogen-bond donors (Lipinski definition) is 1. The van der Waals surface area contributed by atoms with Gasteiger partial charge in [0.15, 0.2) is 0 Å². The zero-order valence-electron chi connectivity index (χ0n) is 13.1. The van der Waals surface area contributed by atoms with Gasteiger partial charge in [0.1, 0.15) is 5.75 Å². The van der Waals surface area contributed by atoms with Gasteiger partial charge in [-0.3, -0.25) is 0 Å². The maximum Gasteiger partial charge on any atom is 0.123 e. The molecule has 0 amide bonds. The van der Waals surface area contributed by atoms with Crippen molar-refractivity contribution in [2.24, 2.45) is 0 Å². The molecule has 1 aromatic rings. The average molecular weight is 258 g/mol. The summed E-state index contributed by atoms with van der Waals surface area (Å²) < 4.78 is 0. The van der Waals surface area contributed by atoms with Crippen molar-refractivity contribution in [1.82, 2.24) is 0 Å². The standard InChI is InChI=1S/C18H26O/c1-9-17(5,6)14-11-12(3)15(16(19)13(14)4)18(7,8)10-2/h9-11,19H,1-2H2,3-8H3. The maximum absolute atomic E-state index is 10.6. The van der Waals surface area contributed by atoms with Crippen LogP contribution in [0.5, 0.6) is 5.75 Å². The first-order valence-electron chi connectivity index (χ1n) is 6.69. The normalized spacial score (nSPS) is 12.3. The highest BCUT2D eigenvalue weighted by molar-refractivity contribution is 5.56. The third-order valence-electron chi connectivity index (χ3n) is 4.11. The smallest absolute Gasteiger partial charge is 0.123 e. The molecule has 0 unspecified atom stereocenters. The number of allylic oxidation sites excluding steroid dienone is 2. The van der Waals surface area contributed by atoms with Crippen LogP contribution in [0.3, 0.4) is 0 Å². The summed E-state index contributed by atoms with van der Waals surface area (Å²) in [5.41, 5.74) is 3.72. The average Bonchev–Trinajstić information content (AvgIpc) is 2.33. The van der Waals surface area contributed by atoms with E-state index in [1.54, 1.807) is 0 Å². The molecule has 1 aromatic carbocycles. The molecule has 104 valence electrons. The second kappa shape index (κ2) is 4.88. The fourth-order valence-electron chi connectivity index (χ4n) is 2.59. The van der Waals surface area contributed by atoms with E-state index in [1.165, 1.54) is 0 Å². The molecule has 0 saturated carbocycles. The van der Waals surface area contributed by atoms with Crippen LogP contribution in [0.4, 0.5) is 0 Å². The van der Waals surface area contributed by atoms with E-state index in [9.17, 15) is 5.11 Å². The van der Waals surface area contributed by atoms with Gasteiger partial charge in [0.25, 0.3) is 0 Å². The second-order valence-electron chi connectivity index (χ2n) is 6.44. The lowest BCUT2D eigenvalue weighted by Crippen LogP contribution is -2.20. The monoisotopic (exact) mass is 258 g/mol. The molecular formula is C18H26O. The summed E-state index contributed by atoms with van der Waals surface area (Å²) in [6.45, 7) is 20.2. The fraction of sp³-hybridized carbons (Fsp3) is 0.444. The number of aryl methyl sites for hydroxylation is 1. The summed E-state index contributed by atoms with van der Waals surface area (Å²) in [5, 5.41) is 10.6. The maximum atomic E-state index is 10.6. The van der Waals surface area contributed by atoms with Gasteiger partial charge in [0.05, 0.1) is 0 Å². The highest BCUT2D eigenvalue weighted by Gasteiger charge is 2.28. The SMILES string of the molecule is C=CC(C)(C)c1cc(C)c(C(C)(C)C=C)c(O)c1C. The Labute approximate surface area is 117 Å². The Morgan fingerprint density at radius 2 is 1.47 bits per heavy atom. The van der Waals surface area contributed by atoms with E-state index < -0.39 is 0 Å². The minimum absolute atomic E-state index is 0.150. The van der Waals surface area contributed by atoms with Gasteiger partial charge in [-0.1, -0.05) is 45.9 Å². The summed E-state index contributed by atoms with van der Waals surface area (Å²) in [6.07, 6.45) is 3.80. The van der Waals surface area contributed by atoms with Crippen LogP contribution in [-0.2, 0) is 10.8 Å². The zero-order valence-corrected chi connectivity index (χ0v) is 13.1. The molecule has 0 bridgehead atoms. The molecule has 0 atom stereocenters. The molecule has 0 aliphatic rings. The number of benzene rings is 1. The van der Waals surface area contributed by atoms with Crippen LogP contribution in [0.2, 0.25) is 0 Å². The third kappa shape index (κ3) is 2.60. The first-order valence-corrected chi connectivity index (χ1v) is 6.69. The van der Waals surface area contributed by atoms with Crippen molar-refractivity contribution in [3.05, 3.63) is 53.6 Å². The molecule has 0 radical (unpaired) electrons. The molecule has 1 N–H and O–H groups in total. The topological polar surface area (TPSA) is 20.2 Å². The summed E-state index contributed by atoms with van der Waals surface area (Å²) in [7, 11) is 0. The van der Waals surface area contributed by atoms with Crippen LogP contribution in [0.25, 0.3) is 0 Å². The number of phenols is 1. The Hall–Kier alpha value is -1.50. The van der Waals surface area contributed by atoms with Crippen LogP contribution in [-0.4, -0.2) is 5.11 Å². The molecule has 1 rings (SSSR count). The molecule has 0 heterocycles. The third-order valence-corrected chi connectivity index (χ3v) is 4.11. The van der Waals surface area contributed by atoms with Crippen LogP contribution < -0.4 is 0 Å². The fourth-order valence-corrected chi connectivity index (χ4v) is 2.59. The highest BCUT2D eigenvalue weighted by Crippen LogP contribution is 2.41. The van der Waals surface area contributed by atoms with Gasteiger partial charge in [-0.25, -0.2) is 0 Å². The van der Waals surface area contributed by atoms with E-state index in [-0.39, 0.29) is 10.8 Å². The number of phenolic OH excluding ortho intramolecular Hbond substituents is 1. The van der Waals surface area contributed by atoms with Gasteiger partial charge in [-0.2, -0.15) is 0 Å². The molecule has 0 aromatic heterocycles. The van der Waals surface area contributed by atoms with E-state index in [0.717, 1.165) is 22.3 Å². The van der Waals surface area contributed by atoms with Crippen molar-refractivity contribution in [2.45, 2.75) is 52.4 Å². The lowest BCUT2D eigenvalue weighted by atomic mass is 9.75. The van der Waals surface area contributed by atoms with E-state index in [1.807, 2.05) is 26.0 Å². The van der Waals surface area contributed by atoms with Gasteiger partial charge in [0, 0.05) is 16.4 Å². The zero-order chi connectivity index (χ0) is 15.0. The molecule has 0 saturated heterocycles. The van der Waals surface area contributed by atoms with Crippen molar-refractivity contribution in [3.8, 4) is 5.75 Å². The number of hydrogen-bond acceptors (Lipinski definition) is 1. The summed E-state index contributed by atoms with van der Waals surface area (Å²) in [4.78, 5) is 0. The molecule has 1 nitrogen and oxygen atoms in total. The Morgan fingerprint density at radius 3 is 1.89 bits per heavy atom. The molecule has 0 aliphatic carbocycles. The van der Waals surface area contributed by atoms with Crippen molar-refractivity contribution in [1.29, 1.82) is 0 Å². The lowest BCUT2D eigenvalue weighted by molar-refractivity contribution is 0.447. The van der Waals surface area contributed by atoms with Crippen molar-refractivity contribution < 1.29 is 5.11 Å². The van der Waals surface area contributed by atoms with E-state index in [2.05, 4.69) is 46.9 Å². The lowest BCUT2D eigenvalue weighted by Gasteiger charge is -2.30. The number of aromatic hydroxyl groups is 1. The Balaban J connectivity index is 3.66. The van der Waals surface area contributed by atoms with Crippen LogP contribution in [0, 0.1) is 13.8 Å². The first-order chi connectivity index (χ1) is 8.58. The van der Waals surface area contributed by atoms with E-state index in [4.69, 9.17) is 0 Å². The summed E-state index contributed by atoms with van der Waals surface area (Å²) in [5.74, 6) is 0.384. The second-order valence-corrected chi connectivity index (χ2v) is 6.44. The molecule has 19 heavy (non-hydrogen) atoms. The molecular weight excluding hydrogens is 232 g/mol. The van der Waals surface area contributed by atoms with Crippen molar-refractivity contribution >= 4 is 0 Å². The van der Waals surface area contributed by atoms with Crippen molar-refractivity contribution in [2.75, 3.05) is 0 Å². The minimum atomic E-state index is -0.240. The molecule has 0 fully saturated rings. The Kier molecular flexibility index (Phi) is 4.00. The van der Waals surface area contributed by atoms with Crippen LogP contribution in [0.15, 0.2) is 31.4 Å². The van der Waals surface area contributed by atoms with Gasteiger partial charge in [0.2, 0.25) is 0 Å². The predicted molar refractivity (Wildman–Crippen MR) is 84.0 cm³/mol. The number of rotatable bonds is 4. The Morgan fingerprint density at radius 1 is 1.00 bits per heavy atom.